The predicted octanol–water partition coefficient (Wildman–Crippen LogP) is 5.76. The molecule has 0 aliphatic rings. The highest BCUT2D eigenvalue weighted by atomic mass is 127. The first-order valence-electron chi connectivity index (χ1n) is 7.28. The Hall–Kier alpha value is -0.390. The molecule has 2 rings (SSSR count). The second-order valence-corrected chi connectivity index (χ2v) is 7.51. The lowest BCUT2D eigenvalue weighted by Crippen LogP contribution is -2.24. The van der Waals surface area contributed by atoms with E-state index >= 15 is 0 Å². The zero-order valence-electron chi connectivity index (χ0n) is 12.7. The van der Waals surface area contributed by atoms with Crippen molar-refractivity contribution in [1.29, 1.82) is 0 Å². The lowest BCUT2D eigenvalue weighted by Gasteiger charge is -2.23. The van der Waals surface area contributed by atoms with E-state index in [9.17, 15) is 0 Å². The maximum absolute atomic E-state index is 3.72. The molecule has 0 bridgehead atoms. The Kier molecular flexibility index (Phi) is 6.26. The van der Waals surface area contributed by atoms with Gasteiger partial charge >= 0.3 is 0 Å². The van der Waals surface area contributed by atoms with E-state index in [-0.39, 0.29) is 6.04 Å². The average Bonchev–Trinajstić information content (AvgIpc) is 2.46. The third kappa shape index (κ3) is 4.30. The van der Waals surface area contributed by atoms with Crippen LogP contribution in [0.25, 0.3) is 0 Å². The van der Waals surface area contributed by atoms with Crippen molar-refractivity contribution >= 4 is 38.5 Å². The van der Waals surface area contributed by atoms with Crippen molar-refractivity contribution in [1.82, 2.24) is 5.32 Å². The van der Waals surface area contributed by atoms with Gasteiger partial charge in [-0.05, 0) is 84.3 Å². The van der Waals surface area contributed by atoms with Crippen molar-refractivity contribution in [2.24, 2.45) is 0 Å². The summed E-state index contributed by atoms with van der Waals surface area (Å²) in [6, 6.07) is 13.5. The Morgan fingerprint density at radius 2 is 1.86 bits per heavy atom. The molecular weight excluding hydrogens is 437 g/mol. The van der Waals surface area contributed by atoms with Gasteiger partial charge in [-0.15, -0.1) is 0 Å². The molecule has 0 saturated carbocycles. The fraction of sp³-hybridized carbons (Fsp3) is 0.333. The lowest BCUT2D eigenvalue weighted by atomic mass is 9.93. The predicted molar refractivity (Wildman–Crippen MR) is 103 cm³/mol. The molecule has 3 heteroatoms. The summed E-state index contributed by atoms with van der Waals surface area (Å²) in [6.07, 6.45) is 1.13. The fourth-order valence-electron chi connectivity index (χ4n) is 2.48. The Morgan fingerprint density at radius 3 is 2.57 bits per heavy atom. The quantitative estimate of drug-likeness (QED) is 0.562. The fourth-order valence-corrected chi connectivity index (χ4v) is 3.47. The number of nitrogens with one attached hydrogen (secondary N) is 1. The van der Waals surface area contributed by atoms with Gasteiger partial charge in [0, 0.05) is 8.04 Å². The first-order chi connectivity index (χ1) is 10.0. The summed E-state index contributed by atoms with van der Waals surface area (Å²) in [7, 11) is 0. The molecule has 1 N–H and O–H groups in total. The van der Waals surface area contributed by atoms with Gasteiger partial charge in [0.25, 0.3) is 0 Å². The molecule has 2 aromatic rings. The van der Waals surface area contributed by atoms with Crippen LogP contribution in [0.4, 0.5) is 0 Å². The molecule has 0 fully saturated rings. The van der Waals surface area contributed by atoms with E-state index in [4.69, 9.17) is 0 Å². The van der Waals surface area contributed by atoms with Crippen LogP contribution in [-0.4, -0.2) is 6.54 Å². The minimum atomic E-state index is 0.231. The maximum atomic E-state index is 3.72. The van der Waals surface area contributed by atoms with E-state index in [1.807, 2.05) is 0 Å². The maximum Gasteiger partial charge on any atom is 0.0590 e. The van der Waals surface area contributed by atoms with Crippen LogP contribution in [-0.2, 0) is 0 Å². The number of halogens is 2. The number of rotatable bonds is 5. The molecule has 2 aromatic carbocycles. The Balaban J connectivity index is 2.52. The highest BCUT2D eigenvalue weighted by Crippen LogP contribution is 2.32. The second-order valence-electron chi connectivity index (χ2n) is 5.41. The molecule has 0 aliphatic heterocycles. The molecule has 0 aromatic heterocycles. The van der Waals surface area contributed by atoms with Crippen molar-refractivity contribution in [2.45, 2.75) is 33.2 Å². The van der Waals surface area contributed by atoms with Crippen LogP contribution in [0.3, 0.4) is 0 Å². The molecular formula is C18H21BrIN. The van der Waals surface area contributed by atoms with Crippen molar-refractivity contribution in [3.8, 4) is 0 Å². The SMILES string of the molecule is CCCNC(c1cc(C)ccc1C)c1cc(I)ccc1Br. The van der Waals surface area contributed by atoms with Crippen molar-refractivity contribution in [3.63, 3.8) is 0 Å². The van der Waals surface area contributed by atoms with Gasteiger partial charge in [0.15, 0.2) is 0 Å². The molecule has 21 heavy (non-hydrogen) atoms. The van der Waals surface area contributed by atoms with Gasteiger partial charge < -0.3 is 5.32 Å². The molecule has 1 unspecified atom stereocenters. The average molecular weight is 458 g/mol. The van der Waals surface area contributed by atoms with Crippen LogP contribution in [0, 0.1) is 17.4 Å². The highest BCUT2D eigenvalue weighted by Gasteiger charge is 2.18. The topological polar surface area (TPSA) is 12.0 Å². The van der Waals surface area contributed by atoms with E-state index < -0.39 is 0 Å². The monoisotopic (exact) mass is 457 g/mol. The van der Waals surface area contributed by atoms with Gasteiger partial charge in [0.2, 0.25) is 0 Å². The van der Waals surface area contributed by atoms with Crippen LogP contribution >= 0.6 is 38.5 Å². The summed E-state index contributed by atoms with van der Waals surface area (Å²) in [6.45, 7) is 7.56. The first kappa shape index (κ1) is 17.0. The Morgan fingerprint density at radius 1 is 1.10 bits per heavy atom. The number of aryl methyl sites for hydroxylation is 2. The highest BCUT2D eigenvalue weighted by molar-refractivity contribution is 14.1. The molecule has 0 amide bonds. The van der Waals surface area contributed by atoms with E-state index in [2.05, 4.69) is 101 Å². The lowest BCUT2D eigenvalue weighted by molar-refractivity contribution is 0.594. The molecule has 0 aliphatic carbocycles. The van der Waals surface area contributed by atoms with Gasteiger partial charge in [-0.3, -0.25) is 0 Å². The second kappa shape index (κ2) is 7.75. The molecule has 1 atom stereocenters. The zero-order chi connectivity index (χ0) is 15.4. The summed E-state index contributed by atoms with van der Waals surface area (Å²) in [5, 5.41) is 3.70. The minimum absolute atomic E-state index is 0.231. The third-order valence-electron chi connectivity index (χ3n) is 3.61. The summed E-state index contributed by atoms with van der Waals surface area (Å²) < 4.78 is 2.43. The van der Waals surface area contributed by atoms with Crippen LogP contribution < -0.4 is 5.32 Å². The normalized spacial score (nSPS) is 12.4. The molecule has 0 saturated heterocycles. The standard InChI is InChI=1S/C18H21BrIN/c1-4-9-21-18(15-10-12(2)5-6-13(15)3)16-11-14(20)7-8-17(16)19/h5-8,10-11,18,21H,4,9H2,1-3H3. The minimum Gasteiger partial charge on any atom is -0.306 e. The van der Waals surface area contributed by atoms with Crippen molar-refractivity contribution < 1.29 is 0 Å². The van der Waals surface area contributed by atoms with Gasteiger partial charge in [0.05, 0.1) is 6.04 Å². The molecule has 0 heterocycles. The van der Waals surface area contributed by atoms with Gasteiger partial charge in [-0.25, -0.2) is 0 Å². The van der Waals surface area contributed by atoms with Gasteiger partial charge in [0.1, 0.15) is 0 Å². The Bertz CT molecular complexity index is 573. The van der Waals surface area contributed by atoms with E-state index in [0.717, 1.165) is 17.4 Å². The summed E-state index contributed by atoms with van der Waals surface area (Å²) >= 11 is 6.10. The number of benzene rings is 2. The van der Waals surface area contributed by atoms with E-state index in [1.165, 1.54) is 25.8 Å². The smallest absolute Gasteiger partial charge is 0.0590 e. The third-order valence-corrected chi connectivity index (χ3v) is 5.01. The zero-order valence-corrected chi connectivity index (χ0v) is 16.5. The van der Waals surface area contributed by atoms with Crippen LogP contribution in [0.15, 0.2) is 40.9 Å². The van der Waals surface area contributed by atoms with E-state index in [0.29, 0.717) is 0 Å². The molecule has 0 spiro atoms. The molecule has 0 radical (unpaired) electrons. The first-order valence-corrected chi connectivity index (χ1v) is 9.15. The van der Waals surface area contributed by atoms with E-state index in [1.54, 1.807) is 0 Å². The van der Waals surface area contributed by atoms with Crippen LogP contribution in [0.1, 0.15) is 41.6 Å². The molecule has 112 valence electrons. The van der Waals surface area contributed by atoms with Crippen LogP contribution in [0.2, 0.25) is 0 Å². The summed E-state index contributed by atoms with van der Waals surface area (Å²) in [5.41, 5.74) is 5.32. The molecule has 1 nitrogen and oxygen atoms in total. The number of hydrogen-bond acceptors (Lipinski definition) is 1. The largest absolute Gasteiger partial charge is 0.306 e. The van der Waals surface area contributed by atoms with Crippen molar-refractivity contribution in [2.75, 3.05) is 6.54 Å². The van der Waals surface area contributed by atoms with Gasteiger partial charge in [-0.1, -0.05) is 46.6 Å². The number of hydrogen-bond donors (Lipinski definition) is 1. The van der Waals surface area contributed by atoms with Crippen LogP contribution in [0.5, 0.6) is 0 Å². The Labute approximate surface area is 149 Å². The summed E-state index contributed by atoms with van der Waals surface area (Å²) in [4.78, 5) is 0. The van der Waals surface area contributed by atoms with Gasteiger partial charge in [-0.2, -0.15) is 0 Å². The van der Waals surface area contributed by atoms with Crippen molar-refractivity contribution in [3.05, 3.63) is 66.7 Å². The summed E-state index contributed by atoms with van der Waals surface area (Å²) in [5.74, 6) is 0.